The maximum atomic E-state index is 4.75. The normalized spacial score (nSPS) is 11.4. The summed E-state index contributed by atoms with van der Waals surface area (Å²) in [5.41, 5.74) is 2.25. The van der Waals surface area contributed by atoms with E-state index in [2.05, 4.69) is 51.4 Å². The maximum absolute atomic E-state index is 4.75. The summed E-state index contributed by atoms with van der Waals surface area (Å²) in [6.45, 7) is 8.23. The lowest BCUT2D eigenvalue weighted by Gasteiger charge is -2.08. The Morgan fingerprint density at radius 3 is 2.68 bits per heavy atom. The second kappa shape index (κ2) is 6.52. The van der Waals surface area contributed by atoms with Gasteiger partial charge in [0, 0.05) is 13.1 Å². The second-order valence-electron chi connectivity index (χ2n) is 5.23. The molecule has 0 amide bonds. The zero-order chi connectivity index (χ0) is 15.5. The van der Waals surface area contributed by atoms with Gasteiger partial charge in [0.25, 0.3) is 0 Å². The SMILES string of the molecule is CCCn1c(C)nnc1CSc1nc2ccccc2n1CC. The van der Waals surface area contributed by atoms with E-state index in [4.69, 9.17) is 4.98 Å². The molecule has 0 atom stereocenters. The summed E-state index contributed by atoms with van der Waals surface area (Å²) < 4.78 is 4.46. The summed E-state index contributed by atoms with van der Waals surface area (Å²) >= 11 is 1.73. The van der Waals surface area contributed by atoms with Gasteiger partial charge >= 0.3 is 0 Å². The van der Waals surface area contributed by atoms with Gasteiger partial charge in [-0.05, 0) is 32.4 Å². The first-order valence-corrected chi connectivity index (χ1v) is 8.69. The fourth-order valence-electron chi connectivity index (χ4n) is 2.64. The third-order valence-electron chi connectivity index (χ3n) is 3.73. The number of para-hydroxylation sites is 2. The third-order valence-corrected chi connectivity index (χ3v) is 4.70. The van der Waals surface area contributed by atoms with Crippen molar-refractivity contribution in [3.8, 4) is 0 Å². The molecule has 0 bridgehead atoms. The Kier molecular flexibility index (Phi) is 4.47. The van der Waals surface area contributed by atoms with Gasteiger partial charge in [0.15, 0.2) is 5.16 Å². The molecular formula is C16H21N5S. The zero-order valence-corrected chi connectivity index (χ0v) is 14.1. The van der Waals surface area contributed by atoms with E-state index in [1.165, 1.54) is 5.52 Å². The Hall–Kier alpha value is -1.82. The second-order valence-corrected chi connectivity index (χ2v) is 6.17. The number of hydrogen-bond acceptors (Lipinski definition) is 4. The van der Waals surface area contributed by atoms with E-state index >= 15 is 0 Å². The molecule has 0 saturated carbocycles. The van der Waals surface area contributed by atoms with Crippen molar-refractivity contribution >= 4 is 22.8 Å². The van der Waals surface area contributed by atoms with Crippen LogP contribution >= 0.6 is 11.8 Å². The number of fused-ring (bicyclic) bond motifs is 1. The average Bonchev–Trinajstić information content (AvgIpc) is 3.06. The van der Waals surface area contributed by atoms with Crippen LogP contribution in [0.15, 0.2) is 29.4 Å². The summed E-state index contributed by atoms with van der Waals surface area (Å²) in [6.07, 6.45) is 1.09. The van der Waals surface area contributed by atoms with Crippen LogP contribution in [0.1, 0.15) is 31.9 Å². The molecule has 6 heteroatoms. The van der Waals surface area contributed by atoms with Crippen molar-refractivity contribution < 1.29 is 0 Å². The summed E-state index contributed by atoms with van der Waals surface area (Å²) in [4.78, 5) is 4.75. The lowest BCUT2D eigenvalue weighted by atomic mass is 10.3. The highest BCUT2D eigenvalue weighted by Gasteiger charge is 2.13. The number of aryl methyl sites for hydroxylation is 2. The minimum Gasteiger partial charge on any atom is -0.319 e. The molecule has 1 aromatic carbocycles. The topological polar surface area (TPSA) is 48.5 Å². The summed E-state index contributed by atoms with van der Waals surface area (Å²) in [5.74, 6) is 2.81. The van der Waals surface area contributed by atoms with Crippen LogP contribution in [0, 0.1) is 6.92 Å². The van der Waals surface area contributed by atoms with Crippen LogP contribution in [-0.2, 0) is 18.8 Å². The molecule has 0 fully saturated rings. The lowest BCUT2D eigenvalue weighted by Crippen LogP contribution is -2.05. The third kappa shape index (κ3) is 2.75. The summed E-state index contributed by atoms with van der Waals surface area (Å²) in [7, 11) is 0. The minimum atomic E-state index is 0.796. The van der Waals surface area contributed by atoms with E-state index < -0.39 is 0 Å². The van der Waals surface area contributed by atoms with E-state index in [0.717, 1.165) is 47.6 Å². The predicted octanol–water partition coefficient (Wildman–Crippen LogP) is 3.66. The van der Waals surface area contributed by atoms with Crippen molar-refractivity contribution in [1.82, 2.24) is 24.3 Å². The zero-order valence-electron chi connectivity index (χ0n) is 13.3. The van der Waals surface area contributed by atoms with E-state index in [-0.39, 0.29) is 0 Å². The van der Waals surface area contributed by atoms with Crippen molar-refractivity contribution in [3.05, 3.63) is 35.9 Å². The molecule has 0 aliphatic heterocycles. The molecule has 5 nitrogen and oxygen atoms in total. The van der Waals surface area contributed by atoms with Crippen LogP contribution in [-0.4, -0.2) is 24.3 Å². The Balaban J connectivity index is 1.85. The Morgan fingerprint density at radius 1 is 1.09 bits per heavy atom. The van der Waals surface area contributed by atoms with Gasteiger partial charge in [-0.2, -0.15) is 0 Å². The molecule has 3 rings (SSSR count). The van der Waals surface area contributed by atoms with Gasteiger partial charge < -0.3 is 9.13 Å². The molecule has 3 aromatic rings. The Morgan fingerprint density at radius 2 is 1.91 bits per heavy atom. The van der Waals surface area contributed by atoms with Crippen LogP contribution < -0.4 is 0 Å². The van der Waals surface area contributed by atoms with Gasteiger partial charge in [-0.3, -0.25) is 0 Å². The highest BCUT2D eigenvalue weighted by atomic mass is 32.2. The molecule has 0 aliphatic rings. The molecule has 2 aromatic heterocycles. The van der Waals surface area contributed by atoms with Crippen LogP contribution in [0.25, 0.3) is 11.0 Å². The average molecular weight is 315 g/mol. The summed E-state index contributed by atoms with van der Waals surface area (Å²) in [6, 6.07) is 8.28. The molecule has 0 radical (unpaired) electrons. The first-order valence-electron chi connectivity index (χ1n) is 7.71. The highest BCUT2D eigenvalue weighted by Crippen LogP contribution is 2.26. The lowest BCUT2D eigenvalue weighted by molar-refractivity contribution is 0.636. The Labute approximate surface area is 134 Å². The van der Waals surface area contributed by atoms with Crippen molar-refractivity contribution in [2.45, 2.75) is 51.2 Å². The first kappa shape index (κ1) is 15.1. The van der Waals surface area contributed by atoms with Gasteiger partial charge in [-0.25, -0.2) is 4.98 Å². The predicted molar refractivity (Wildman–Crippen MR) is 90.0 cm³/mol. The van der Waals surface area contributed by atoms with Gasteiger partial charge in [0.2, 0.25) is 0 Å². The highest BCUT2D eigenvalue weighted by molar-refractivity contribution is 7.98. The van der Waals surface area contributed by atoms with E-state index in [0.29, 0.717) is 0 Å². The van der Waals surface area contributed by atoms with E-state index in [9.17, 15) is 0 Å². The van der Waals surface area contributed by atoms with Crippen LogP contribution in [0.4, 0.5) is 0 Å². The van der Waals surface area contributed by atoms with Crippen LogP contribution in [0.2, 0.25) is 0 Å². The quantitative estimate of drug-likeness (QED) is 0.651. The van der Waals surface area contributed by atoms with E-state index in [1.54, 1.807) is 11.8 Å². The number of nitrogens with zero attached hydrogens (tertiary/aromatic N) is 5. The number of hydrogen-bond donors (Lipinski definition) is 0. The minimum absolute atomic E-state index is 0.796. The van der Waals surface area contributed by atoms with Crippen LogP contribution in [0.5, 0.6) is 0 Å². The molecule has 0 saturated heterocycles. The van der Waals surface area contributed by atoms with E-state index in [1.807, 2.05) is 13.0 Å². The number of rotatable bonds is 6. The van der Waals surface area contributed by atoms with Gasteiger partial charge in [-0.15, -0.1) is 10.2 Å². The fourth-order valence-corrected chi connectivity index (χ4v) is 3.66. The van der Waals surface area contributed by atoms with Gasteiger partial charge in [-0.1, -0.05) is 30.8 Å². The standard InChI is InChI=1S/C16H21N5S/c1-4-10-21-12(3)18-19-15(21)11-22-16-17-13-8-6-7-9-14(13)20(16)5-2/h6-9H,4-5,10-11H2,1-3H3. The molecule has 22 heavy (non-hydrogen) atoms. The number of imidazole rings is 1. The van der Waals surface area contributed by atoms with Crippen molar-refractivity contribution in [2.75, 3.05) is 0 Å². The van der Waals surface area contributed by atoms with Crippen LogP contribution in [0.3, 0.4) is 0 Å². The van der Waals surface area contributed by atoms with Crippen molar-refractivity contribution in [1.29, 1.82) is 0 Å². The molecule has 116 valence electrons. The molecule has 0 aliphatic carbocycles. The fraction of sp³-hybridized carbons (Fsp3) is 0.438. The van der Waals surface area contributed by atoms with Gasteiger partial charge in [0.1, 0.15) is 11.6 Å². The molecular weight excluding hydrogens is 294 g/mol. The van der Waals surface area contributed by atoms with Crippen molar-refractivity contribution in [2.24, 2.45) is 0 Å². The summed E-state index contributed by atoms with van der Waals surface area (Å²) in [5, 5.41) is 9.57. The smallest absolute Gasteiger partial charge is 0.169 e. The van der Waals surface area contributed by atoms with Gasteiger partial charge in [0.05, 0.1) is 16.8 Å². The number of thioether (sulfide) groups is 1. The number of aromatic nitrogens is 5. The number of benzene rings is 1. The molecule has 0 N–H and O–H groups in total. The molecule has 0 unspecified atom stereocenters. The Bertz CT molecular complexity index is 774. The largest absolute Gasteiger partial charge is 0.319 e. The molecule has 0 spiro atoms. The monoisotopic (exact) mass is 315 g/mol. The van der Waals surface area contributed by atoms with Crippen molar-refractivity contribution in [3.63, 3.8) is 0 Å². The first-order chi connectivity index (χ1) is 10.7. The maximum Gasteiger partial charge on any atom is 0.169 e. The molecule has 2 heterocycles.